The number of nitrogens with two attached hydrogens (primary N) is 1. The van der Waals surface area contributed by atoms with Crippen molar-refractivity contribution >= 4 is 23.2 Å². The van der Waals surface area contributed by atoms with Crippen LogP contribution >= 0.6 is 11.6 Å². The molecule has 0 aromatic carbocycles. The van der Waals surface area contributed by atoms with Crippen LogP contribution in [0.4, 0.5) is 5.69 Å². The van der Waals surface area contributed by atoms with Gasteiger partial charge in [-0.1, -0.05) is 11.6 Å². The van der Waals surface area contributed by atoms with Gasteiger partial charge < -0.3 is 20.6 Å². The number of nitrogen functional groups attached to an aromatic ring is 1. The van der Waals surface area contributed by atoms with E-state index in [1.54, 1.807) is 4.90 Å². The number of aliphatic hydroxyl groups excluding tert-OH is 1. The minimum atomic E-state index is -0.219. The van der Waals surface area contributed by atoms with E-state index >= 15 is 0 Å². The lowest BCUT2D eigenvalue weighted by molar-refractivity contribution is 0.0540. The number of aliphatic hydroxyl groups is 1. The molecule has 1 aromatic rings. The van der Waals surface area contributed by atoms with E-state index in [0.717, 1.165) is 25.9 Å². The van der Waals surface area contributed by atoms with Gasteiger partial charge in [0.2, 0.25) is 0 Å². The first-order valence-corrected chi connectivity index (χ1v) is 7.42. The number of hydrogen-bond acceptors (Lipinski definition) is 5. The molecule has 7 heteroatoms. The maximum Gasteiger partial charge on any atom is 0.257 e. The van der Waals surface area contributed by atoms with Crippen molar-refractivity contribution in [1.29, 1.82) is 0 Å². The topological polar surface area (TPSA) is 82.7 Å². The summed E-state index contributed by atoms with van der Waals surface area (Å²) in [5, 5.41) is 9.40. The van der Waals surface area contributed by atoms with E-state index in [2.05, 4.69) is 16.9 Å². The first-order chi connectivity index (χ1) is 10.0. The molecule has 0 spiro atoms. The Kier molecular flexibility index (Phi) is 5.39. The van der Waals surface area contributed by atoms with Crippen molar-refractivity contribution in [3.8, 4) is 0 Å². The molecule has 2 heterocycles. The fraction of sp³-hybridized carbons (Fsp3) is 0.571. The number of nitrogens with zero attached hydrogens (tertiary/aromatic N) is 3. The maximum absolute atomic E-state index is 12.7. The molecule has 0 unspecified atom stereocenters. The Morgan fingerprint density at radius 2 is 2.24 bits per heavy atom. The van der Waals surface area contributed by atoms with E-state index in [0.29, 0.717) is 17.8 Å². The molecule has 1 amide bonds. The first-order valence-electron chi connectivity index (χ1n) is 7.04. The maximum atomic E-state index is 12.7. The zero-order valence-electron chi connectivity index (χ0n) is 12.1. The molecule has 0 bridgehead atoms. The van der Waals surface area contributed by atoms with Gasteiger partial charge in [0.25, 0.3) is 5.91 Å². The average molecular weight is 313 g/mol. The van der Waals surface area contributed by atoms with Crippen LogP contribution < -0.4 is 5.73 Å². The Labute approximate surface area is 129 Å². The quantitative estimate of drug-likeness (QED) is 0.805. The molecule has 6 nitrogen and oxygen atoms in total. The molecule has 2 rings (SSSR count). The molecule has 1 aliphatic heterocycles. The van der Waals surface area contributed by atoms with E-state index < -0.39 is 0 Å². The van der Waals surface area contributed by atoms with Crippen molar-refractivity contribution in [3.05, 3.63) is 23.0 Å². The van der Waals surface area contributed by atoms with Gasteiger partial charge in [0.05, 0.1) is 24.1 Å². The summed E-state index contributed by atoms with van der Waals surface area (Å²) in [5.74, 6) is -0.219. The molecule has 1 aromatic heterocycles. The third-order valence-electron chi connectivity index (χ3n) is 3.82. The van der Waals surface area contributed by atoms with Gasteiger partial charge in [-0.2, -0.15) is 0 Å². The SMILES string of the molecule is CN1CCC(N(CCO)C(=O)c2cc(N)cnc2Cl)CC1. The van der Waals surface area contributed by atoms with Crippen molar-refractivity contribution in [1.82, 2.24) is 14.8 Å². The minimum absolute atomic E-state index is 0.0779. The van der Waals surface area contributed by atoms with Crippen LogP contribution in [0.5, 0.6) is 0 Å². The Morgan fingerprint density at radius 3 is 2.86 bits per heavy atom. The smallest absolute Gasteiger partial charge is 0.257 e. The minimum Gasteiger partial charge on any atom is -0.397 e. The second-order valence-corrected chi connectivity index (χ2v) is 5.72. The number of carbonyl (C=O) groups is 1. The number of anilines is 1. The molecule has 0 atom stereocenters. The summed E-state index contributed by atoms with van der Waals surface area (Å²) in [6, 6.07) is 1.65. The molecule has 116 valence electrons. The molecule has 1 aliphatic rings. The van der Waals surface area contributed by atoms with Crippen LogP contribution in [0.2, 0.25) is 5.15 Å². The Bertz CT molecular complexity index is 504. The highest BCUT2D eigenvalue weighted by Gasteiger charge is 2.28. The van der Waals surface area contributed by atoms with Crippen molar-refractivity contribution in [2.24, 2.45) is 0 Å². The van der Waals surface area contributed by atoms with Crippen LogP contribution in [0, 0.1) is 0 Å². The lowest BCUT2D eigenvalue weighted by atomic mass is 10.0. The van der Waals surface area contributed by atoms with Crippen molar-refractivity contribution in [2.45, 2.75) is 18.9 Å². The normalized spacial score (nSPS) is 16.9. The summed E-state index contributed by atoms with van der Waals surface area (Å²) in [7, 11) is 2.06. The third kappa shape index (κ3) is 3.84. The molecule has 0 aliphatic carbocycles. The Balaban J connectivity index is 2.20. The summed E-state index contributed by atoms with van der Waals surface area (Å²) >= 11 is 6.01. The van der Waals surface area contributed by atoms with Crippen LogP contribution in [0.1, 0.15) is 23.2 Å². The van der Waals surface area contributed by atoms with E-state index in [9.17, 15) is 9.90 Å². The Hall–Kier alpha value is -1.37. The highest BCUT2D eigenvalue weighted by molar-refractivity contribution is 6.32. The number of piperidine rings is 1. The summed E-state index contributed by atoms with van der Waals surface area (Å²) in [6.07, 6.45) is 3.19. The monoisotopic (exact) mass is 312 g/mol. The van der Waals surface area contributed by atoms with Gasteiger partial charge in [-0.3, -0.25) is 4.79 Å². The number of aromatic nitrogens is 1. The van der Waals surface area contributed by atoms with Gasteiger partial charge >= 0.3 is 0 Å². The molecule has 1 saturated heterocycles. The number of likely N-dealkylation sites (tertiary alicyclic amines) is 1. The zero-order valence-corrected chi connectivity index (χ0v) is 12.9. The number of halogens is 1. The molecular formula is C14H21ClN4O2. The van der Waals surface area contributed by atoms with Gasteiger partial charge in [0, 0.05) is 12.6 Å². The second kappa shape index (κ2) is 7.06. The second-order valence-electron chi connectivity index (χ2n) is 5.36. The highest BCUT2D eigenvalue weighted by atomic mass is 35.5. The van der Waals surface area contributed by atoms with E-state index in [4.69, 9.17) is 17.3 Å². The lowest BCUT2D eigenvalue weighted by Gasteiger charge is -2.37. The number of pyridine rings is 1. The average Bonchev–Trinajstić information content (AvgIpc) is 2.48. The third-order valence-corrected chi connectivity index (χ3v) is 4.12. The van der Waals surface area contributed by atoms with Gasteiger partial charge in [-0.05, 0) is 39.0 Å². The number of hydrogen-bond donors (Lipinski definition) is 2. The predicted molar refractivity (Wildman–Crippen MR) is 82.3 cm³/mol. The van der Waals surface area contributed by atoms with Crippen LogP contribution in [0.15, 0.2) is 12.3 Å². The molecule has 3 N–H and O–H groups in total. The van der Waals surface area contributed by atoms with Gasteiger partial charge in [0.1, 0.15) is 5.15 Å². The molecular weight excluding hydrogens is 292 g/mol. The summed E-state index contributed by atoms with van der Waals surface area (Å²) in [6.45, 7) is 2.08. The van der Waals surface area contributed by atoms with Gasteiger partial charge in [-0.25, -0.2) is 4.98 Å². The van der Waals surface area contributed by atoms with Crippen LogP contribution in [0.3, 0.4) is 0 Å². The first kappa shape index (κ1) is 16.0. The van der Waals surface area contributed by atoms with Gasteiger partial charge in [0.15, 0.2) is 0 Å². The fourth-order valence-corrected chi connectivity index (χ4v) is 2.82. The largest absolute Gasteiger partial charge is 0.397 e. The molecule has 1 fully saturated rings. The van der Waals surface area contributed by atoms with E-state index in [1.807, 2.05) is 0 Å². The van der Waals surface area contributed by atoms with Crippen LogP contribution in [-0.2, 0) is 0 Å². The summed E-state index contributed by atoms with van der Waals surface area (Å²) in [4.78, 5) is 20.6. The summed E-state index contributed by atoms with van der Waals surface area (Å²) in [5.41, 5.74) is 6.38. The zero-order chi connectivity index (χ0) is 15.4. The van der Waals surface area contributed by atoms with Gasteiger partial charge in [-0.15, -0.1) is 0 Å². The number of carbonyl (C=O) groups excluding carboxylic acids is 1. The highest BCUT2D eigenvalue weighted by Crippen LogP contribution is 2.22. The molecule has 0 radical (unpaired) electrons. The molecule has 21 heavy (non-hydrogen) atoms. The predicted octanol–water partition coefficient (Wildman–Crippen LogP) is 0.846. The number of amides is 1. The van der Waals surface area contributed by atoms with Crippen molar-refractivity contribution < 1.29 is 9.90 Å². The van der Waals surface area contributed by atoms with E-state index in [1.165, 1.54) is 12.3 Å². The van der Waals surface area contributed by atoms with E-state index in [-0.39, 0.29) is 23.7 Å². The van der Waals surface area contributed by atoms with Crippen LogP contribution in [-0.4, -0.2) is 65.1 Å². The van der Waals surface area contributed by atoms with Crippen LogP contribution in [0.25, 0.3) is 0 Å². The molecule has 0 saturated carbocycles. The van der Waals surface area contributed by atoms with Crippen molar-refractivity contribution in [3.63, 3.8) is 0 Å². The lowest BCUT2D eigenvalue weighted by Crippen LogP contribution is -2.47. The fourth-order valence-electron chi connectivity index (χ4n) is 2.63. The summed E-state index contributed by atoms with van der Waals surface area (Å²) < 4.78 is 0. The number of rotatable bonds is 4. The van der Waals surface area contributed by atoms with Crippen molar-refractivity contribution in [2.75, 3.05) is 39.0 Å². The standard InChI is InChI=1S/C14H21ClN4O2/c1-18-4-2-11(3-5-18)19(6-7-20)14(21)12-8-10(16)9-17-13(12)15/h8-9,11,20H,2-7,16H2,1H3. The Morgan fingerprint density at radius 1 is 1.57 bits per heavy atom.